The van der Waals surface area contributed by atoms with Crippen LogP contribution in [-0.2, 0) is 50.1 Å². The highest BCUT2D eigenvalue weighted by Crippen LogP contribution is 2.21. The lowest BCUT2D eigenvalue weighted by Gasteiger charge is -2.30. The van der Waals surface area contributed by atoms with E-state index in [2.05, 4.69) is 16.0 Å². The second-order valence-electron chi connectivity index (χ2n) is 12.5. The number of nitrogens with two attached hydrogens (primary N) is 1. The summed E-state index contributed by atoms with van der Waals surface area (Å²) in [5.74, 6) is -3.32. The number of rotatable bonds is 19. The molecule has 1 saturated heterocycles. The quantitative estimate of drug-likeness (QED) is 0.148. The Morgan fingerprint density at radius 1 is 1.00 bits per heavy atom. The van der Waals surface area contributed by atoms with E-state index < -0.39 is 69.9 Å². The molecule has 0 bridgehead atoms. The molecule has 1 aromatic rings. The fourth-order valence-electron chi connectivity index (χ4n) is 5.17. The normalized spacial score (nSPS) is 16.5. The standard InChI is InChI=1S/C33H50N6O10S/c1-22(2)20-26(32(44)48-5)36-30(42)27-15-11-18-39(27)31(43)25(16-17-28(34)40)35-29(41)24(14-9-10-19-50(46,47)38(3)4)37-33(45)49-21-23-12-7-6-8-13-23/h6-8,10,12-13,19,22,24-27H,9,11,14-18,20-21H2,1-5H3,(H2,34,40)(H,35,41)(H,36,42)(H,37,45)/b19-10+/t24-,25-,26-,27-/m1/s1. The van der Waals surface area contributed by atoms with Crippen molar-refractivity contribution in [1.82, 2.24) is 25.2 Å². The number of amides is 5. The lowest BCUT2D eigenvalue weighted by molar-refractivity contribution is -0.147. The van der Waals surface area contributed by atoms with Crippen LogP contribution in [0.4, 0.5) is 4.79 Å². The predicted octanol–water partition coefficient (Wildman–Crippen LogP) is 0.912. The van der Waals surface area contributed by atoms with Crippen LogP contribution in [0.15, 0.2) is 41.8 Å². The minimum Gasteiger partial charge on any atom is -0.467 e. The van der Waals surface area contributed by atoms with Crippen molar-refractivity contribution in [2.75, 3.05) is 27.7 Å². The van der Waals surface area contributed by atoms with E-state index in [0.717, 1.165) is 9.71 Å². The predicted molar refractivity (Wildman–Crippen MR) is 183 cm³/mol. The molecule has 278 valence electrons. The summed E-state index contributed by atoms with van der Waals surface area (Å²) in [6, 6.07) is 4.33. The summed E-state index contributed by atoms with van der Waals surface area (Å²) in [6.07, 6.45) is 0.953. The number of primary amides is 1. The van der Waals surface area contributed by atoms with Gasteiger partial charge in [-0.15, -0.1) is 0 Å². The van der Waals surface area contributed by atoms with Crippen LogP contribution in [-0.4, -0.2) is 105 Å². The number of likely N-dealkylation sites (tertiary alicyclic amines) is 1. The Kier molecular flexibility index (Phi) is 16.9. The lowest BCUT2D eigenvalue weighted by Crippen LogP contribution is -2.57. The summed E-state index contributed by atoms with van der Waals surface area (Å²) in [7, 11) is 0.261. The van der Waals surface area contributed by atoms with E-state index in [1.54, 1.807) is 30.3 Å². The zero-order chi connectivity index (χ0) is 37.4. The zero-order valence-corrected chi connectivity index (χ0v) is 30.1. The van der Waals surface area contributed by atoms with E-state index in [1.807, 2.05) is 13.8 Å². The fraction of sp³-hybridized carbons (Fsp3) is 0.576. The zero-order valence-electron chi connectivity index (χ0n) is 29.3. The minimum absolute atomic E-state index is 0.0378. The number of nitrogens with one attached hydrogen (secondary N) is 3. The number of hydrogen-bond donors (Lipinski definition) is 4. The van der Waals surface area contributed by atoms with Crippen LogP contribution in [0.2, 0.25) is 0 Å². The van der Waals surface area contributed by atoms with Crippen molar-refractivity contribution < 1.29 is 46.7 Å². The van der Waals surface area contributed by atoms with Crippen molar-refractivity contribution in [3.05, 3.63) is 47.4 Å². The summed E-state index contributed by atoms with van der Waals surface area (Å²) in [4.78, 5) is 79.0. The van der Waals surface area contributed by atoms with Crippen LogP contribution in [0, 0.1) is 5.92 Å². The monoisotopic (exact) mass is 722 g/mol. The third-order valence-corrected chi connectivity index (χ3v) is 9.42. The molecule has 1 fully saturated rings. The number of carbonyl (C=O) groups is 6. The number of carbonyl (C=O) groups excluding carboxylic acids is 6. The molecule has 0 aliphatic carbocycles. The average Bonchev–Trinajstić information content (AvgIpc) is 3.56. The van der Waals surface area contributed by atoms with Crippen LogP contribution in [0.25, 0.3) is 0 Å². The van der Waals surface area contributed by atoms with Gasteiger partial charge in [-0.2, -0.15) is 0 Å². The Bertz CT molecular complexity index is 1470. The molecule has 2 rings (SSSR count). The van der Waals surface area contributed by atoms with Gasteiger partial charge in [0, 0.05) is 32.5 Å². The third-order valence-electron chi connectivity index (χ3n) is 7.86. The molecule has 0 radical (unpaired) electrons. The summed E-state index contributed by atoms with van der Waals surface area (Å²) < 4.78 is 35.4. The molecule has 0 spiro atoms. The maximum absolute atomic E-state index is 13.9. The van der Waals surface area contributed by atoms with Crippen molar-refractivity contribution >= 4 is 45.7 Å². The minimum atomic E-state index is -3.68. The number of allylic oxidation sites excluding steroid dienone is 1. The highest BCUT2D eigenvalue weighted by atomic mass is 32.2. The fourth-order valence-corrected chi connectivity index (χ4v) is 5.79. The van der Waals surface area contributed by atoms with Crippen molar-refractivity contribution in [2.45, 2.75) is 89.6 Å². The molecule has 4 atom stereocenters. The largest absolute Gasteiger partial charge is 0.467 e. The smallest absolute Gasteiger partial charge is 0.408 e. The molecular formula is C33H50N6O10S. The number of hydrogen-bond acceptors (Lipinski definition) is 10. The molecular weight excluding hydrogens is 672 g/mol. The van der Waals surface area contributed by atoms with Gasteiger partial charge in [0.1, 0.15) is 30.8 Å². The Hall–Kier alpha value is -4.51. The Morgan fingerprint density at radius 3 is 2.28 bits per heavy atom. The van der Waals surface area contributed by atoms with E-state index in [0.29, 0.717) is 24.8 Å². The van der Waals surface area contributed by atoms with Crippen LogP contribution < -0.4 is 21.7 Å². The maximum Gasteiger partial charge on any atom is 0.408 e. The van der Waals surface area contributed by atoms with Gasteiger partial charge in [-0.25, -0.2) is 22.3 Å². The molecule has 1 heterocycles. The van der Waals surface area contributed by atoms with Crippen LogP contribution in [0.5, 0.6) is 0 Å². The van der Waals surface area contributed by atoms with E-state index in [4.69, 9.17) is 15.2 Å². The number of sulfonamides is 1. The number of alkyl carbamates (subject to hydrolysis) is 1. The van der Waals surface area contributed by atoms with Gasteiger partial charge in [0.15, 0.2) is 0 Å². The Morgan fingerprint density at radius 2 is 1.68 bits per heavy atom. The summed E-state index contributed by atoms with van der Waals surface area (Å²) in [5.41, 5.74) is 6.06. The van der Waals surface area contributed by atoms with Gasteiger partial charge >= 0.3 is 12.1 Å². The lowest BCUT2D eigenvalue weighted by atomic mass is 10.0. The Balaban J connectivity index is 2.27. The second-order valence-corrected chi connectivity index (χ2v) is 14.5. The van der Waals surface area contributed by atoms with Crippen LogP contribution >= 0.6 is 0 Å². The molecule has 16 nitrogen and oxygen atoms in total. The van der Waals surface area contributed by atoms with Crippen molar-refractivity contribution in [1.29, 1.82) is 0 Å². The SMILES string of the molecule is COC(=O)[C@@H](CC(C)C)NC(=O)[C@H]1CCCN1C(=O)[C@@H](CCC(N)=O)NC(=O)[C@@H](CC/C=C/S(=O)(=O)N(C)C)NC(=O)OCc1ccccc1. The maximum atomic E-state index is 13.9. The van der Waals surface area contributed by atoms with Gasteiger partial charge in [-0.3, -0.25) is 19.2 Å². The van der Waals surface area contributed by atoms with E-state index in [-0.39, 0.29) is 44.8 Å². The first kappa shape index (κ1) is 41.7. The molecule has 5 amide bonds. The number of benzene rings is 1. The molecule has 0 saturated carbocycles. The number of esters is 1. The van der Waals surface area contributed by atoms with Gasteiger partial charge in [-0.05, 0) is 50.0 Å². The van der Waals surface area contributed by atoms with Gasteiger partial charge < -0.3 is 36.1 Å². The van der Waals surface area contributed by atoms with Gasteiger partial charge in [0.05, 0.1) is 7.11 Å². The van der Waals surface area contributed by atoms with E-state index >= 15 is 0 Å². The van der Waals surface area contributed by atoms with Gasteiger partial charge in [0.2, 0.25) is 33.7 Å². The highest BCUT2D eigenvalue weighted by molar-refractivity contribution is 7.92. The first-order valence-corrected chi connectivity index (χ1v) is 17.9. The van der Waals surface area contributed by atoms with Crippen LogP contribution in [0.3, 0.4) is 0 Å². The van der Waals surface area contributed by atoms with E-state index in [1.165, 1.54) is 32.2 Å². The van der Waals surface area contributed by atoms with Crippen molar-refractivity contribution in [2.24, 2.45) is 11.7 Å². The number of nitrogens with zero attached hydrogens (tertiary/aromatic N) is 2. The van der Waals surface area contributed by atoms with Crippen molar-refractivity contribution in [3.63, 3.8) is 0 Å². The topological polar surface area (TPSA) is 224 Å². The van der Waals surface area contributed by atoms with Gasteiger partial charge in [0.25, 0.3) is 0 Å². The molecule has 1 aliphatic rings. The summed E-state index contributed by atoms with van der Waals surface area (Å²) in [5, 5.41) is 8.72. The highest BCUT2D eigenvalue weighted by Gasteiger charge is 2.39. The molecule has 1 aromatic carbocycles. The number of methoxy groups -OCH3 is 1. The van der Waals surface area contributed by atoms with Gasteiger partial charge in [-0.1, -0.05) is 50.3 Å². The average molecular weight is 723 g/mol. The third kappa shape index (κ3) is 13.8. The van der Waals surface area contributed by atoms with Crippen LogP contribution in [0.1, 0.15) is 64.4 Å². The summed E-state index contributed by atoms with van der Waals surface area (Å²) >= 11 is 0. The van der Waals surface area contributed by atoms with E-state index in [9.17, 15) is 37.2 Å². The molecule has 1 aliphatic heterocycles. The first-order valence-electron chi connectivity index (χ1n) is 16.4. The second kappa shape index (κ2) is 20.2. The molecule has 0 aromatic heterocycles. The summed E-state index contributed by atoms with van der Waals surface area (Å²) in [6.45, 7) is 3.85. The Labute approximate surface area is 293 Å². The molecule has 50 heavy (non-hydrogen) atoms. The molecule has 5 N–H and O–H groups in total. The molecule has 17 heteroatoms. The molecule has 0 unspecified atom stereocenters. The first-order chi connectivity index (χ1) is 23.5. The number of ether oxygens (including phenoxy) is 2. The van der Waals surface area contributed by atoms with Crippen molar-refractivity contribution in [3.8, 4) is 0 Å².